The molecule has 1 aromatic heterocycles. The second kappa shape index (κ2) is 12.9. The maximum atomic E-state index is 6.48. The van der Waals surface area contributed by atoms with Gasteiger partial charge >= 0.3 is 0 Å². The molecule has 1 unspecified atom stereocenters. The molecule has 10 rings (SSSR count). The molecule has 1 aliphatic rings. The summed E-state index contributed by atoms with van der Waals surface area (Å²) in [5.74, 6) is 1.49. The second-order valence-corrected chi connectivity index (χ2v) is 13.4. The minimum absolute atomic E-state index is 0.284. The van der Waals surface area contributed by atoms with Crippen molar-refractivity contribution in [3.8, 4) is 33.4 Å². The predicted octanol–water partition coefficient (Wildman–Crippen LogP) is 12.2. The molecule has 0 saturated carbocycles. The number of fused-ring (bicyclic) bond motifs is 4. The summed E-state index contributed by atoms with van der Waals surface area (Å²) in [4.78, 5) is 10.2. The first-order chi connectivity index (χ1) is 26.2. The van der Waals surface area contributed by atoms with Crippen molar-refractivity contribution in [3.05, 3.63) is 205 Å². The molecule has 1 atom stereocenters. The van der Waals surface area contributed by atoms with E-state index >= 15 is 0 Å². The van der Waals surface area contributed by atoms with Crippen molar-refractivity contribution in [3.63, 3.8) is 0 Å². The maximum absolute atomic E-state index is 6.48. The quantitative estimate of drug-likeness (QED) is 0.190. The van der Waals surface area contributed by atoms with Crippen LogP contribution in [0.15, 0.2) is 202 Å². The summed E-state index contributed by atoms with van der Waals surface area (Å²) in [6.07, 6.45) is -0.284. The minimum atomic E-state index is -0.284. The van der Waals surface area contributed by atoms with E-state index in [0.29, 0.717) is 5.84 Å². The molecule has 0 amide bonds. The SMILES string of the molecule is c1ccc(C2=NC(c3ccc(-c4cccc5oc6cc(-c7ccc8ccccc8c7)ccc6c45)cc3)=NC(c3ccc(-c4ccccc4)cc3)N2)cc1. The van der Waals surface area contributed by atoms with Crippen molar-refractivity contribution in [1.82, 2.24) is 5.32 Å². The first-order valence-electron chi connectivity index (χ1n) is 17.9. The Balaban J connectivity index is 0.994. The largest absolute Gasteiger partial charge is 0.456 e. The molecule has 1 aliphatic heterocycles. The maximum Gasteiger partial charge on any atom is 0.159 e. The minimum Gasteiger partial charge on any atom is -0.456 e. The van der Waals surface area contributed by atoms with E-state index in [1.54, 1.807) is 0 Å². The van der Waals surface area contributed by atoms with E-state index in [2.05, 4.69) is 169 Å². The lowest BCUT2D eigenvalue weighted by Gasteiger charge is -2.24. The van der Waals surface area contributed by atoms with Crippen molar-refractivity contribution in [2.24, 2.45) is 9.98 Å². The zero-order valence-electron chi connectivity index (χ0n) is 28.8. The first kappa shape index (κ1) is 30.8. The zero-order chi connectivity index (χ0) is 35.1. The molecule has 0 aliphatic carbocycles. The lowest BCUT2D eigenvalue weighted by Crippen LogP contribution is -2.33. The highest BCUT2D eigenvalue weighted by atomic mass is 16.3. The van der Waals surface area contributed by atoms with E-state index in [0.717, 1.165) is 61.2 Å². The normalized spacial score (nSPS) is 14.2. The lowest BCUT2D eigenvalue weighted by atomic mass is 9.96. The Bertz CT molecular complexity index is 2830. The second-order valence-electron chi connectivity index (χ2n) is 13.4. The molecule has 0 fully saturated rings. The van der Waals surface area contributed by atoms with Crippen molar-refractivity contribution >= 4 is 44.4 Å². The molecule has 4 nitrogen and oxygen atoms in total. The summed E-state index contributed by atoms with van der Waals surface area (Å²) in [6.45, 7) is 0. The number of benzene rings is 8. The Labute approximate surface area is 307 Å². The molecular formula is C49H33N3O. The van der Waals surface area contributed by atoms with Crippen LogP contribution in [0.1, 0.15) is 22.9 Å². The van der Waals surface area contributed by atoms with Crippen LogP contribution >= 0.6 is 0 Å². The number of hydrogen-bond acceptors (Lipinski definition) is 4. The molecule has 8 aromatic carbocycles. The topological polar surface area (TPSA) is 49.9 Å². The van der Waals surface area contributed by atoms with Gasteiger partial charge in [0.25, 0.3) is 0 Å². The molecule has 0 radical (unpaired) electrons. The Morgan fingerprint density at radius 3 is 1.85 bits per heavy atom. The number of furan rings is 1. The fourth-order valence-corrected chi connectivity index (χ4v) is 7.39. The van der Waals surface area contributed by atoms with Gasteiger partial charge in [0.05, 0.1) is 0 Å². The third-order valence-electron chi connectivity index (χ3n) is 10.2. The van der Waals surface area contributed by atoms with Crippen LogP contribution in [0.5, 0.6) is 0 Å². The number of hydrogen-bond donors (Lipinski definition) is 1. The third kappa shape index (κ3) is 5.77. The summed E-state index contributed by atoms with van der Waals surface area (Å²) >= 11 is 0. The van der Waals surface area contributed by atoms with Gasteiger partial charge in [0.15, 0.2) is 5.84 Å². The molecule has 0 bridgehead atoms. The van der Waals surface area contributed by atoms with Crippen LogP contribution in [0.25, 0.3) is 66.1 Å². The Kier molecular flexibility index (Phi) is 7.51. The zero-order valence-corrected chi connectivity index (χ0v) is 28.8. The van der Waals surface area contributed by atoms with Crippen LogP contribution in [-0.4, -0.2) is 11.7 Å². The molecule has 2 heterocycles. The van der Waals surface area contributed by atoms with Crippen molar-refractivity contribution in [2.45, 2.75) is 6.17 Å². The van der Waals surface area contributed by atoms with Gasteiger partial charge in [-0.25, -0.2) is 9.98 Å². The molecule has 9 aromatic rings. The molecule has 0 spiro atoms. The number of nitrogens with one attached hydrogen (secondary N) is 1. The van der Waals surface area contributed by atoms with Gasteiger partial charge in [-0.2, -0.15) is 0 Å². The van der Waals surface area contributed by atoms with Gasteiger partial charge in [-0.1, -0.05) is 164 Å². The third-order valence-corrected chi connectivity index (χ3v) is 10.2. The van der Waals surface area contributed by atoms with Gasteiger partial charge in [0.1, 0.15) is 23.2 Å². The molecule has 53 heavy (non-hydrogen) atoms. The summed E-state index contributed by atoms with van der Waals surface area (Å²) in [6, 6.07) is 65.8. The lowest BCUT2D eigenvalue weighted by molar-refractivity contribution is 0.669. The highest BCUT2D eigenvalue weighted by Gasteiger charge is 2.21. The monoisotopic (exact) mass is 679 g/mol. The average molecular weight is 680 g/mol. The van der Waals surface area contributed by atoms with E-state index in [1.165, 1.54) is 27.5 Å². The van der Waals surface area contributed by atoms with Gasteiger partial charge < -0.3 is 9.73 Å². The Hall–Kier alpha value is -7.04. The van der Waals surface area contributed by atoms with Crippen LogP contribution in [0, 0.1) is 0 Å². The molecular weight excluding hydrogens is 647 g/mol. The van der Waals surface area contributed by atoms with Crippen molar-refractivity contribution in [2.75, 3.05) is 0 Å². The highest BCUT2D eigenvalue weighted by molar-refractivity contribution is 6.15. The van der Waals surface area contributed by atoms with Crippen LogP contribution in [-0.2, 0) is 0 Å². The van der Waals surface area contributed by atoms with E-state index in [4.69, 9.17) is 14.4 Å². The molecule has 0 saturated heterocycles. The predicted molar refractivity (Wildman–Crippen MR) is 219 cm³/mol. The first-order valence-corrected chi connectivity index (χ1v) is 17.9. The van der Waals surface area contributed by atoms with E-state index in [9.17, 15) is 0 Å². The van der Waals surface area contributed by atoms with Crippen LogP contribution < -0.4 is 5.32 Å². The Morgan fingerprint density at radius 2 is 1.06 bits per heavy atom. The molecule has 1 N–H and O–H groups in total. The standard InChI is InChI=1S/C49H33N3O/c1-3-10-32(11-4-1)34-18-23-37(24-19-34)48-50-47(36-13-5-2-6-14-36)51-49(52-48)38-25-21-35(22-26-38)42-16-9-17-44-46(42)43-29-28-41(31-45(43)53-44)40-27-20-33-12-7-8-15-39(33)30-40/h1-31,48H,(H,50,51,52). The summed E-state index contributed by atoms with van der Waals surface area (Å²) in [7, 11) is 0. The van der Waals surface area contributed by atoms with Gasteiger partial charge in [-0.3, -0.25) is 0 Å². The summed E-state index contributed by atoms with van der Waals surface area (Å²) in [5, 5.41) is 8.27. The van der Waals surface area contributed by atoms with Gasteiger partial charge in [0, 0.05) is 21.9 Å². The fraction of sp³-hybridized carbons (Fsp3) is 0.0204. The number of aliphatic imine (C=N–C) groups is 2. The molecule has 4 heteroatoms. The number of rotatable bonds is 6. The molecule has 250 valence electrons. The van der Waals surface area contributed by atoms with Gasteiger partial charge in [0.2, 0.25) is 0 Å². The van der Waals surface area contributed by atoms with Crippen molar-refractivity contribution in [1.29, 1.82) is 0 Å². The van der Waals surface area contributed by atoms with Crippen LogP contribution in [0.4, 0.5) is 0 Å². The van der Waals surface area contributed by atoms with Gasteiger partial charge in [-0.15, -0.1) is 0 Å². The van der Waals surface area contributed by atoms with Gasteiger partial charge in [-0.05, 0) is 74.0 Å². The average Bonchev–Trinajstić information content (AvgIpc) is 3.62. The van der Waals surface area contributed by atoms with Crippen LogP contribution in [0.2, 0.25) is 0 Å². The van der Waals surface area contributed by atoms with E-state index < -0.39 is 0 Å². The van der Waals surface area contributed by atoms with Crippen LogP contribution in [0.3, 0.4) is 0 Å². The number of amidine groups is 2. The Morgan fingerprint density at radius 1 is 0.434 bits per heavy atom. The van der Waals surface area contributed by atoms with Crippen molar-refractivity contribution < 1.29 is 4.42 Å². The van der Waals surface area contributed by atoms with E-state index in [1.807, 2.05) is 24.3 Å². The summed E-state index contributed by atoms with van der Waals surface area (Å²) < 4.78 is 6.48. The fourth-order valence-electron chi connectivity index (χ4n) is 7.39. The van der Waals surface area contributed by atoms with E-state index in [-0.39, 0.29) is 6.17 Å². The highest BCUT2D eigenvalue weighted by Crippen LogP contribution is 2.39. The number of nitrogens with zero attached hydrogens (tertiary/aromatic N) is 2. The summed E-state index contributed by atoms with van der Waals surface area (Å²) in [5.41, 5.74) is 11.7. The smallest absolute Gasteiger partial charge is 0.159 e.